The van der Waals surface area contributed by atoms with Gasteiger partial charge >= 0.3 is 0 Å². The van der Waals surface area contributed by atoms with Crippen LogP contribution in [0.15, 0.2) is 0 Å². The summed E-state index contributed by atoms with van der Waals surface area (Å²) in [5.41, 5.74) is 0. The first-order valence-corrected chi connectivity index (χ1v) is 5.26. The van der Waals surface area contributed by atoms with E-state index in [1.54, 1.807) is 0 Å². The minimum absolute atomic E-state index is 0.212. The van der Waals surface area contributed by atoms with Gasteiger partial charge in [-0.25, -0.2) is 3.53 Å². The molecule has 1 heterocycles. The fourth-order valence-corrected chi connectivity index (χ4v) is 1.73. The van der Waals surface area contributed by atoms with E-state index in [9.17, 15) is 0 Å². The van der Waals surface area contributed by atoms with Crippen molar-refractivity contribution in [3.63, 3.8) is 0 Å². The molecular weight excluding hydrogens is 231 g/mol. The summed E-state index contributed by atoms with van der Waals surface area (Å²) in [6.45, 7) is 0.876. The van der Waals surface area contributed by atoms with Crippen LogP contribution in [-0.4, -0.2) is 12.8 Å². The number of halogens is 1. The molecule has 1 aliphatic rings. The summed E-state index contributed by atoms with van der Waals surface area (Å²) >= 11 is -0.543. The van der Waals surface area contributed by atoms with Gasteiger partial charge in [0.1, 0.15) is 6.23 Å². The van der Waals surface area contributed by atoms with Gasteiger partial charge in [0.05, 0.1) is 21.3 Å². The van der Waals surface area contributed by atoms with Crippen molar-refractivity contribution >= 4 is 21.3 Å². The summed E-state index contributed by atoms with van der Waals surface area (Å²) < 4.78 is 15.3. The summed E-state index contributed by atoms with van der Waals surface area (Å²) in [6.07, 6.45) is 3.75. The molecule has 0 bridgehead atoms. The van der Waals surface area contributed by atoms with Crippen molar-refractivity contribution in [3.8, 4) is 0 Å². The Bertz CT molecular complexity index is 93.0. The summed E-state index contributed by atoms with van der Waals surface area (Å²) in [6, 6.07) is 0. The van der Waals surface area contributed by atoms with E-state index in [1.807, 2.05) is 0 Å². The maximum absolute atomic E-state index is 6.96. The normalized spacial score (nSPS) is 28.2. The lowest BCUT2D eigenvalue weighted by atomic mass is 10.2. The third-order valence-corrected chi connectivity index (χ3v) is 2.36. The number of hydrogen-bond donors (Lipinski definition) is 2. The van der Waals surface area contributed by atoms with E-state index in [0.717, 1.165) is 13.0 Å². The number of rotatable bonds is 2. The minimum Gasteiger partial charge on any atom is -0.363 e. The first-order chi connectivity index (χ1) is 4.43. The molecule has 0 aromatic carbocycles. The molecule has 1 unspecified atom stereocenters. The predicted molar refractivity (Wildman–Crippen MR) is 43.5 cm³/mol. The first kappa shape index (κ1) is 7.56. The number of ether oxygens (including phenoxy) is 1. The monoisotopic (exact) mass is 242 g/mol. The highest BCUT2D eigenvalue weighted by molar-refractivity contribution is 14.1. The van der Waals surface area contributed by atoms with Crippen molar-refractivity contribution in [1.82, 2.24) is 3.53 Å². The standard InChI is InChI=1S/C5H11IN2O/c7-6-8-5-3-1-2-4-9-5/h5H,1-4H2,(H2,7,8). The van der Waals surface area contributed by atoms with Crippen molar-refractivity contribution in [2.45, 2.75) is 25.5 Å². The zero-order valence-electron chi connectivity index (χ0n) is 5.19. The van der Waals surface area contributed by atoms with Gasteiger partial charge in [-0.15, -0.1) is 0 Å². The molecule has 0 aliphatic carbocycles. The van der Waals surface area contributed by atoms with Crippen LogP contribution in [0.5, 0.6) is 0 Å². The average Bonchev–Trinajstić information content (AvgIpc) is 1.91. The van der Waals surface area contributed by atoms with Crippen molar-refractivity contribution < 1.29 is 4.74 Å². The molecule has 0 radical (unpaired) electrons. The molecule has 1 saturated heterocycles. The molecule has 4 heteroatoms. The van der Waals surface area contributed by atoms with Gasteiger partial charge in [0.2, 0.25) is 0 Å². The SMILES string of the molecule is N=INC1CCCCO1. The lowest BCUT2D eigenvalue weighted by molar-refractivity contribution is 0.0142. The maximum Gasteiger partial charge on any atom is 0.117 e. The molecule has 0 aromatic rings. The van der Waals surface area contributed by atoms with E-state index in [1.165, 1.54) is 12.8 Å². The Hall–Kier alpha value is 0.450. The molecule has 0 aromatic heterocycles. The van der Waals surface area contributed by atoms with Crippen LogP contribution in [0.4, 0.5) is 0 Å². The van der Waals surface area contributed by atoms with Gasteiger partial charge in [-0.3, -0.25) is 3.56 Å². The van der Waals surface area contributed by atoms with Crippen LogP contribution in [0.3, 0.4) is 0 Å². The maximum atomic E-state index is 6.96. The lowest BCUT2D eigenvalue weighted by Crippen LogP contribution is -2.28. The van der Waals surface area contributed by atoms with Crippen molar-refractivity contribution in [1.29, 1.82) is 3.56 Å². The van der Waals surface area contributed by atoms with Gasteiger partial charge in [-0.1, -0.05) is 0 Å². The molecule has 0 saturated carbocycles. The summed E-state index contributed by atoms with van der Waals surface area (Å²) in [4.78, 5) is 0. The highest BCUT2D eigenvalue weighted by Gasteiger charge is 2.10. The van der Waals surface area contributed by atoms with Crippen molar-refractivity contribution in [2.75, 3.05) is 6.61 Å². The Labute approximate surface area is 65.5 Å². The molecule has 1 rings (SSSR count). The highest BCUT2D eigenvalue weighted by Crippen LogP contribution is 2.11. The zero-order chi connectivity index (χ0) is 6.53. The summed E-state index contributed by atoms with van der Waals surface area (Å²) in [5.74, 6) is 0. The van der Waals surface area contributed by atoms with Crippen LogP contribution < -0.4 is 3.53 Å². The lowest BCUT2D eigenvalue weighted by Gasteiger charge is -2.20. The van der Waals surface area contributed by atoms with E-state index in [-0.39, 0.29) is 6.23 Å². The molecule has 0 amide bonds. The highest BCUT2D eigenvalue weighted by atomic mass is 127. The molecule has 54 valence electrons. The van der Waals surface area contributed by atoms with E-state index < -0.39 is 21.3 Å². The van der Waals surface area contributed by atoms with E-state index in [2.05, 4.69) is 3.53 Å². The van der Waals surface area contributed by atoms with Crippen LogP contribution in [0, 0.1) is 3.56 Å². The summed E-state index contributed by atoms with van der Waals surface area (Å²) in [7, 11) is 0. The first-order valence-electron chi connectivity index (χ1n) is 3.10. The second-order valence-corrected chi connectivity index (χ2v) is 3.22. The molecule has 1 atom stereocenters. The fraction of sp³-hybridized carbons (Fsp3) is 1.00. The van der Waals surface area contributed by atoms with Gasteiger partial charge in [-0.05, 0) is 19.3 Å². The Balaban J connectivity index is 2.15. The largest absolute Gasteiger partial charge is 0.363 e. The van der Waals surface area contributed by atoms with Crippen LogP contribution >= 0.6 is 21.3 Å². The molecule has 0 spiro atoms. The topological polar surface area (TPSA) is 45.1 Å². The summed E-state index contributed by atoms with van der Waals surface area (Å²) in [5, 5.41) is 0. The molecule has 2 N–H and O–H groups in total. The van der Waals surface area contributed by atoms with Crippen LogP contribution in [-0.2, 0) is 4.74 Å². The van der Waals surface area contributed by atoms with Crippen LogP contribution in [0.2, 0.25) is 0 Å². The second-order valence-electron chi connectivity index (χ2n) is 2.06. The van der Waals surface area contributed by atoms with Gasteiger partial charge in [0.15, 0.2) is 0 Å². The predicted octanol–water partition coefficient (Wildman–Crippen LogP) is 1.75. The zero-order valence-corrected chi connectivity index (χ0v) is 7.35. The Kier molecular flexibility index (Phi) is 3.61. The van der Waals surface area contributed by atoms with Crippen LogP contribution in [0.25, 0.3) is 0 Å². The Morgan fingerprint density at radius 1 is 1.56 bits per heavy atom. The van der Waals surface area contributed by atoms with Crippen molar-refractivity contribution in [2.24, 2.45) is 0 Å². The smallest absolute Gasteiger partial charge is 0.117 e. The molecule has 9 heavy (non-hydrogen) atoms. The molecule has 1 fully saturated rings. The van der Waals surface area contributed by atoms with Crippen LogP contribution in [0.1, 0.15) is 19.3 Å². The third-order valence-electron chi connectivity index (χ3n) is 1.36. The van der Waals surface area contributed by atoms with E-state index >= 15 is 0 Å². The quantitative estimate of drug-likeness (QED) is 0.572. The van der Waals surface area contributed by atoms with Gasteiger partial charge in [0, 0.05) is 6.61 Å². The second kappa shape index (κ2) is 4.29. The molecular formula is C5H11IN2O. The Morgan fingerprint density at radius 2 is 2.44 bits per heavy atom. The molecule has 3 nitrogen and oxygen atoms in total. The number of nitrogens with one attached hydrogen (secondary N) is 2. The Morgan fingerprint density at radius 3 is 3.00 bits per heavy atom. The average molecular weight is 242 g/mol. The van der Waals surface area contributed by atoms with E-state index in [0.29, 0.717) is 0 Å². The van der Waals surface area contributed by atoms with Gasteiger partial charge in [-0.2, -0.15) is 0 Å². The molecule has 1 aliphatic heterocycles. The van der Waals surface area contributed by atoms with E-state index in [4.69, 9.17) is 8.30 Å². The number of hydrogen-bond acceptors (Lipinski definition) is 2. The van der Waals surface area contributed by atoms with Crippen molar-refractivity contribution in [3.05, 3.63) is 0 Å². The fourth-order valence-electron chi connectivity index (χ4n) is 0.888. The third kappa shape index (κ3) is 2.68. The van der Waals surface area contributed by atoms with Gasteiger partial charge < -0.3 is 4.74 Å². The van der Waals surface area contributed by atoms with Gasteiger partial charge in [0.25, 0.3) is 0 Å². The minimum atomic E-state index is -0.543.